The second-order valence-electron chi connectivity index (χ2n) is 7.41. The summed E-state index contributed by atoms with van der Waals surface area (Å²) < 4.78 is 11.1. The maximum absolute atomic E-state index is 12.3. The first-order valence-corrected chi connectivity index (χ1v) is 10.4. The molecule has 0 aliphatic heterocycles. The van der Waals surface area contributed by atoms with E-state index in [0.717, 1.165) is 22.6 Å². The number of aromatic nitrogens is 3. The van der Waals surface area contributed by atoms with Gasteiger partial charge in [0, 0.05) is 31.1 Å². The molecule has 0 aliphatic rings. The lowest BCUT2D eigenvalue weighted by atomic mass is 10.1. The monoisotopic (exact) mass is 428 g/mol. The third kappa shape index (κ3) is 6.01. The Morgan fingerprint density at radius 2 is 1.94 bits per heavy atom. The summed E-state index contributed by atoms with van der Waals surface area (Å²) in [5.74, 6) is 1.63. The molecule has 162 valence electrons. The molecule has 1 amide bonds. The van der Waals surface area contributed by atoms with Gasteiger partial charge < -0.3 is 14.6 Å². The zero-order valence-electron chi connectivity index (χ0n) is 17.8. The normalized spacial score (nSPS) is 10.7. The van der Waals surface area contributed by atoms with Crippen LogP contribution in [0.2, 0.25) is 0 Å². The van der Waals surface area contributed by atoms with Crippen LogP contribution in [0.4, 0.5) is 0 Å². The number of nitrogens with zero attached hydrogens (tertiary/aromatic N) is 3. The van der Waals surface area contributed by atoms with E-state index in [1.807, 2.05) is 73.7 Å². The number of nitrogens with one attached hydrogen (secondary N) is 1. The molecule has 0 aliphatic carbocycles. The van der Waals surface area contributed by atoms with E-state index in [1.165, 1.54) is 5.56 Å². The van der Waals surface area contributed by atoms with E-state index in [-0.39, 0.29) is 12.3 Å². The highest BCUT2D eigenvalue weighted by atomic mass is 16.5. The first kappa shape index (κ1) is 21.2. The van der Waals surface area contributed by atoms with Crippen LogP contribution >= 0.6 is 0 Å². The highest BCUT2D eigenvalue weighted by Crippen LogP contribution is 2.17. The lowest BCUT2D eigenvalue weighted by Crippen LogP contribution is -2.23. The third-order valence-corrected chi connectivity index (χ3v) is 4.84. The molecule has 7 nitrogen and oxygen atoms in total. The summed E-state index contributed by atoms with van der Waals surface area (Å²) in [5.41, 5.74) is 3.87. The Hall–Kier alpha value is -4.00. The summed E-state index contributed by atoms with van der Waals surface area (Å²) in [6.45, 7) is 2.83. The van der Waals surface area contributed by atoms with Gasteiger partial charge in [0.1, 0.15) is 12.4 Å². The fourth-order valence-electron chi connectivity index (χ4n) is 3.07. The lowest BCUT2D eigenvalue weighted by Gasteiger charge is -2.09. The molecule has 4 rings (SSSR count). The molecule has 0 saturated heterocycles. The summed E-state index contributed by atoms with van der Waals surface area (Å²) in [7, 11) is 0. The lowest BCUT2D eigenvalue weighted by molar-refractivity contribution is -0.121. The number of carbonyl (C=O) groups excluding carboxylic acids is 1. The van der Waals surface area contributed by atoms with Crippen LogP contribution in [0.3, 0.4) is 0 Å². The highest BCUT2D eigenvalue weighted by molar-refractivity contribution is 5.76. The minimum Gasteiger partial charge on any atom is -0.487 e. The Kier molecular flexibility index (Phi) is 6.87. The molecule has 0 bridgehead atoms. The van der Waals surface area contributed by atoms with Crippen LogP contribution in [0.1, 0.15) is 29.1 Å². The maximum atomic E-state index is 12.3. The maximum Gasteiger partial charge on any atom is 0.227 e. The molecule has 7 heteroatoms. The Balaban J connectivity index is 1.23. The molecule has 0 fully saturated rings. The van der Waals surface area contributed by atoms with Crippen LogP contribution < -0.4 is 10.1 Å². The smallest absolute Gasteiger partial charge is 0.227 e. The summed E-state index contributed by atoms with van der Waals surface area (Å²) in [4.78, 5) is 20.9. The summed E-state index contributed by atoms with van der Waals surface area (Å²) in [5, 5.41) is 6.92. The van der Waals surface area contributed by atoms with Crippen molar-refractivity contribution in [1.82, 2.24) is 20.4 Å². The number of hydrogen-bond acceptors (Lipinski definition) is 6. The largest absolute Gasteiger partial charge is 0.487 e. The molecule has 0 unspecified atom stereocenters. The van der Waals surface area contributed by atoms with Crippen molar-refractivity contribution in [3.63, 3.8) is 0 Å². The van der Waals surface area contributed by atoms with Crippen LogP contribution in [-0.2, 0) is 24.4 Å². The molecule has 0 saturated carbocycles. The molecule has 1 N–H and O–H groups in total. The van der Waals surface area contributed by atoms with Crippen molar-refractivity contribution in [2.45, 2.75) is 32.9 Å². The summed E-state index contributed by atoms with van der Waals surface area (Å²) >= 11 is 0. The van der Waals surface area contributed by atoms with E-state index in [9.17, 15) is 4.79 Å². The van der Waals surface area contributed by atoms with E-state index in [1.54, 1.807) is 6.20 Å². The number of benzene rings is 2. The zero-order valence-corrected chi connectivity index (χ0v) is 17.8. The van der Waals surface area contributed by atoms with Crippen LogP contribution in [0.25, 0.3) is 11.4 Å². The first-order chi connectivity index (χ1) is 15.7. The Morgan fingerprint density at radius 1 is 1.06 bits per heavy atom. The van der Waals surface area contributed by atoms with Gasteiger partial charge in [0.2, 0.25) is 17.6 Å². The fraction of sp³-hybridized carbons (Fsp3) is 0.200. The van der Waals surface area contributed by atoms with Crippen molar-refractivity contribution in [2.75, 3.05) is 0 Å². The van der Waals surface area contributed by atoms with E-state index in [2.05, 4.69) is 20.4 Å². The third-order valence-electron chi connectivity index (χ3n) is 4.84. The van der Waals surface area contributed by atoms with Gasteiger partial charge in [0.25, 0.3) is 0 Å². The van der Waals surface area contributed by atoms with Crippen molar-refractivity contribution in [2.24, 2.45) is 0 Å². The molecule has 32 heavy (non-hydrogen) atoms. The number of ether oxygens (including phenoxy) is 1. The van der Waals surface area contributed by atoms with E-state index in [4.69, 9.17) is 9.26 Å². The van der Waals surface area contributed by atoms with Gasteiger partial charge in [-0.15, -0.1) is 0 Å². The minimum absolute atomic E-state index is 0.0834. The number of hydrogen-bond donors (Lipinski definition) is 1. The van der Waals surface area contributed by atoms with Crippen molar-refractivity contribution in [1.29, 1.82) is 0 Å². The van der Waals surface area contributed by atoms with Crippen molar-refractivity contribution in [3.8, 4) is 17.1 Å². The average molecular weight is 428 g/mol. The topological polar surface area (TPSA) is 90.1 Å². The number of carbonyl (C=O) groups is 1. The van der Waals surface area contributed by atoms with Crippen LogP contribution in [0, 0.1) is 6.92 Å². The molecule has 2 heterocycles. The quantitative estimate of drug-likeness (QED) is 0.428. The second-order valence-corrected chi connectivity index (χ2v) is 7.41. The van der Waals surface area contributed by atoms with Gasteiger partial charge in [-0.3, -0.25) is 9.78 Å². The van der Waals surface area contributed by atoms with Gasteiger partial charge in [-0.2, -0.15) is 4.98 Å². The predicted octanol–water partition coefficient (Wildman–Crippen LogP) is 4.27. The second kappa shape index (κ2) is 10.3. The molecular weight excluding hydrogens is 404 g/mol. The van der Waals surface area contributed by atoms with Gasteiger partial charge in [-0.1, -0.05) is 53.2 Å². The van der Waals surface area contributed by atoms with Crippen LogP contribution in [0.5, 0.6) is 5.75 Å². The van der Waals surface area contributed by atoms with Crippen molar-refractivity contribution >= 4 is 5.91 Å². The number of pyridine rings is 1. The summed E-state index contributed by atoms with van der Waals surface area (Å²) in [6, 6.07) is 21.2. The molecular formula is C25H24N4O3. The Morgan fingerprint density at radius 3 is 2.75 bits per heavy atom. The summed E-state index contributed by atoms with van der Waals surface area (Å²) in [6.07, 6.45) is 2.39. The SMILES string of the molecule is Cc1ccc(-c2noc(CCC(=O)NCc3cccc(OCc4ccccn4)c3)n2)cc1. The number of rotatable bonds is 9. The molecule has 2 aromatic heterocycles. The van der Waals surface area contributed by atoms with Crippen LogP contribution in [0.15, 0.2) is 77.4 Å². The van der Waals surface area contributed by atoms with E-state index in [0.29, 0.717) is 31.3 Å². The molecule has 4 aromatic rings. The highest BCUT2D eigenvalue weighted by Gasteiger charge is 2.11. The van der Waals surface area contributed by atoms with E-state index < -0.39 is 0 Å². The minimum atomic E-state index is -0.0834. The number of aryl methyl sites for hydroxylation is 2. The molecule has 2 aromatic carbocycles. The zero-order chi connectivity index (χ0) is 22.2. The van der Waals surface area contributed by atoms with Gasteiger partial charge in [-0.25, -0.2) is 0 Å². The predicted molar refractivity (Wildman–Crippen MR) is 120 cm³/mol. The van der Waals surface area contributed by atoms with Crippen molar-refractivity contribution < 1.29 is 14.1 Å². The Labute approximate surface area is 186 Å². The van der Waals surface area contributed by atoms with E-state index >= 15 is 0 Å². The van der Waals surface area contributed by atoms with Crippen molar-refractivity contribution in [3.05, 3.63) is 95.6 Å². The first-order valence-electron chi connectivity index (χ1n) is 10.4. The standard InChI is InChI=1S/C25H24N4O3/c1-18-8-10-20(11-9-18)25-28-24(32-29-25)13-12-23(30)27-16-19-5-4-7-22(15-19)31-17-21-6-2-3-14-26-21/h2-11,14-15H,12-13,16-17H2,1H3,(H,27,30). The number of amides is 1. The van der Waals surface area contributed by atoms with Gasteiger partial charge in [0.15, 0.2) is 0 Å². The Bertz CT molecular complexity index is 1160. The molecule has 0 radical (unpaired) electrons. The molecule has 0 atom stereocenters. The van der Waals surface area contributed by atoms with Gasteiger partial charge >= 0.3 is 0 Å². The van der Waals surface area contributed by atoms with Gasteiger partial charge in [0.05, 0.1) is 5.69 Å². The average Bonchev–Trinajstić information content (AvgIpc) is 3.31. The fourth-order valence-corrected chi connectivity index (χ4v) is 3.07. The molecule has 0 spiro atoms. The van der Waals surface area contributed by atoms with Crippen LogP contribution in [-0.4, -0.2) is 21.0 Å². The van der Waals surface area contributed by atoms with Gasteiger partial charge in [-0.05, 0) is 36.8 Å².